The van der Waals surface area contributed by atoms with Crippen LogP contribution in [0.4, 0.5) is 0 Å². The normalized spacial score (nSPS) is 12.2. The number of nitrogens with zero attached hydrogens (tertiary/aromatic N) is 2. The van der Waals surface area contributed by atoms with Crippen LogP contribution in [0.2, 0.25) is 0 Å². The number of para-hydroxylation sites is 2. The van der Waals surface area contributed by atoms with Gasteiger partial charge in [-0.3, -0.25) is 4.98 Å². The van der Waals surface area contributed by atoms with Crippen molar-refractivity contribution in [2.24, 2.45) is 0 Å². The fourth-order valence-corrected chi connectivity index (χ4v) is 6.63. The molecule has 4 heterocycles. The maximum Gasteiger partial charge on any atom is 0.146 e. The van der Waals surface area contributed by atoms with Gasteiger partial charge in [-0.15, -0.1) is 11.3 Å². The van der Waals surface area contributed by atoms with Gasteiger partial charge >= 0.3 is 0 Å². The number of rotatable bonds is 1. The summed E-state index contributed by atoms with van der Waals surface area (Å²) in [4.78, 5) is 4.27. The molecular formula is C29H16N2OS. The van der Waals surface area contributed by atoms with E-state index in [4.69, 9.17) is 4.42 Å². The first kappa shape index (κ1) is 17.4. The highest BCUT2D eigenvalue weighted by atomic mass is 32.1. The van der Waals surface area contributed by atoms with Crippen molar-refractivity contribution in [3.63, 3.8) is 0 Å². The van der Waals surface area contributed by atoms with Crippen LogP contribution in [-0.4, -0.2) is 9.55 Å². The highest BCUT2D eigenvalue weighted by molar-refractivity contribution is 7.27. The van der Waals surface area contributed by atoms with Crippen molar-refractivity contribution < 1.29 is 4.42 Å². The van der Waals surface area contributed by atoms with Crippen LogP contribution < -0.4 is 0 Å². The van der Waals surface area contributed by atoms with Gasteiger partial charge in [0.25, 0.3) is 0 Å². The van der Waals surface area contributed by atoms with Gasteiger partial charge in [-0.2, -0.15) is 0 Å². The summed E-state index contributed by atoms with van der Waals surface area (Å²) in [7, 11) is 0. The standard InChI is InChI=1S/C29H16N2OS/c1-4-10-21-18(7-1)24-27(31(21)17-13-15-30-16-14-17)25-20-9-3-6-12-23(20)33-29(25)26-19-8-2-5-11-22(19)32-28(24)26/h1-16H. The quantitative estimate of drug-likeness (QED) is 0.256. The molecule has 0 spiro atoms. The predicted molar refractivity (Wildman–Crippen MR) is 139 cm³/mol. The van der Waals surface area contributed by atoms with E-state index < -0.39 is 0 Å². The van der Waals surface area contributed by atoms with E-state index in [0.717, 1.165) is 16.9 Å². The van der Waals surface area contributed by atoms with Crippen molar-refractivity contribution in [3.8, 4) is 5.69 Å². The van der Waals surface area contributed by atoms with Gasteiger partial charge in [0.1, 0.15) is 11.2 Å². The van der Waals surface area contributed by atoms with Crippen LogP contribution in [0.15, 0.2) is 102 Å². The average molecular weight is 441 g/mol. The molecule has 0 amide bonds. The summed E-state index contributed by atoms with van der Waals surface area (Å²) in [5.74, 6) is 0. The predicted octanol–water partition coefficient (Wildman–Crippen LogP) is 8.45. The van der Waals surface area contributed by atoms with E-state index in [1.54, 1.807) is 0 Å². The maximum atomic E-state index is 6.61. The Morgan fingerprint density at radius 3 is 2.27 bits per heavy atom. The number of fused-ring (bicyclic) bond motifs is 12. The molecule has 4 heteroatoms. The Kier molecular flexibility index (Phi) is 3.28. The zero-order valence-electron chi connectivity index (χ0n) is 17.4. The minimum atomic E-state index is 0.930. The van der Waals surface area contributed by atoms with Crippen LogP contribution in [0.3, 0.4) is 0 Å². The molecule has 0 saturated carbocycles. The Hall–Kier alpha value is -4.15. The molecule has 0 unspecified atom stereocenters. The van der Waals surface area contributed by atoms with Crippen molar-refractivity contribution in [1.82, 2.24) is 9.55 Å². The Balaban J connectivity index is 1.80. The van der Waals surface area contributed by atoms with Crippen LogP contribution in [0.5, 0.6) is 0 Å². The zero-order valence-corrected chi connectivity index (χ0v) is 18.3. The molecule has 0 radical (unpaired) electrons. The average Bonchev–Trinajstić information content (AvgIpc) is 3.53. The number of furan rings is 1. The molecule has 3 nitrogen and oxygen atoms in total. The van der Waals surface area contributed by atoms with Crippen LogP contribution in [-0.2, 0) is 0 Å². The van der Waals surface area contributed by atoms with Crippen molar-refractivity contribution in [2.45, 2.75) is 0 Å². The maximum absolute atomic E-state index is 6.61. The van der Waals surface area contributed by atoms with E-state index in [2.05, 4.69) is 88.4 Å². The molecule has 8 aromatic rings. The molecule has 0 fully saturated rings. The van der Waals surface area contributed by atoms with Crippen LogP contribution >= 0.6 is 11.3 Å². The molecule has 0 N–H and O–H groups in total. The SMILES string of the molecule is c1ccc2c(c1)oc1c2c2sc3ccccc3c2c2c1c1ccccc1n2-c1ccncc1. The summed E-state index contributed by atoms with van der Waals surface area (Å²) < 4.78 is 11.6. The summed E-state index contributed by atoms with van der Waals surface area (Å²) >= 11 is 1.85. The van der Waals surface area contributed by atoms with Crippen molar-refractivity contribution >= 4 is 75.3 Å². The van der Waals surface area contributed by atoms with Crippen LogP contribution in [0, 0.1) is 0 Å². The second kappa shape index (κ2) is 6.21. The monoisotopic (exact) mass is 440 g/mol. The third-order valence-electron chi connectivity index (χ3n) is 6.68. The lowest BCUT2D eigenvalue weighted by Gasteiger charge is -2.09. The van der Waals surface area contributed by atoms with Gasteiger partial charge < -0.3 is 8.98 Å². The molecule has 0 aliphatic rings. The van der Waals surface area contributed by atoms with Gasteiger partial charge in [0.2, 0.25) is 0 Å². The number of hydrogen-bond acceptors (Lipinski definition) is 3. The van der Waals surface area contributed by atoms with E-state index in [9.17, 15) is 0 Å². The topological polar surface area (TPSA) is 31.0 Å². The lowest BCUT2D eigenvalue weighted by atomic mass is 10.0. The van der Waals surface area contributed by atoms with E-state index in [1.165, 1.54) is 52.8 Å². The van der Waals surface area contributed by atoms with Gasteiger partial charge in [0, 0.05) is 54.4 Å². The van der Waals surface area contributed by atoms with Crippen LogP contribution in [0.25, 0.3) is 69.6 Å². The Bertz CT molecular complexity index is 2000. The van der Waals surface area contributed by atoms with Gasteiger partial charge in [-0.25, -0.2) is 0 Å². The van der Waals surface area contributed by atoms with E-state index in [-0.39, 0.29) is 0 Å². The smallest absolute Gasteiger partial charge is 0.146 e. The molecule has 4 aromatic carbocycles. The first-order valence-electron chi connectivity index (χ1n) is 11.0. The fraction of sp³-hybridized carbons (Fsp3) is 0. The molecule has 0 bridgehead atoms. The van der Waals surface area contributed by atoms with Crippen molar-refractivity contribution in [2.75, 3.05) is 0 Å². The summed E-state index contributed by atoms with van der Waals surface area (Å²) in [6.07, 6.45) is 3.72. The van der Waals surface area contributed by atoms with Crippen molar-refractivity contribution in [1.29, 1.82) is 0 Å². The molecule has 33 heavy (non-hydrogen) atoms. The van der Waals surface area contributed by atoms with Gasteiger partial charge in [0.05, 0.1) is 16.4 Å². The largest absolute Gasteiger partial charge is 0.455 e. The molecule has 0 aliphatic carbocycles. The number of benzene rings is 4. The summed E-state index contributed by atoms with van der Waals surface area (Å²) in [5, 5.41) is 7.33. The number of thiophene rings is 1. The lowest BCUT2D eigenvalue weighted by Crippen LogP contribution is -1.94. The first-order chi connectivity index (χ1) is 16.4. The molecule has 0 atom stereocenters. The minimum absolute atomic E-state index is 0.930. The van der Waals surface area contributed by atoms with Gasteiger partial charge in [-0.05, 0) is 30.3 Å². The Morgan fingerprint density at radius 2 is 1.39 bits per heavy atom. The van der Waals surface area contributed by atoms with E-state index in [0.29, 0.717) is 0 Å². The summed E-state index contributed by atoms with van der Waals surface area (Å²) in [6.45, 7) is 0. The highest BCUT2D eigenvalue weighted by Gasteiger charge is 2.24. The zero-order chi connectivity index (χ0) is 21.5. The van der Waals surface area contributed by atoms with Crippen LogP contribution in [0.1, 0.15) is 0 Å². The number of pyridine rings is 1. The summed E-state index contributed by atoms with van der Waals surface area (Å²) in [5.41, 5.74) is 5.36. The molecule has 154 valence electrons. The van der Waals surface area contributed by atoms with E-state index >= 15 is 0 Å². The molecular weight excluding hydrogens is 424 g/mol. The van der Waals surface area contributed by atoms with Gasteiger partial charge in [-0.1, -0.05) is 54.6 Å². The lowest BCUT2D eigenvalue weighted by molar-refractivity contribution is 0.673. The highest BCUT2D eigenvalue weighted by Crippen LogP contribution is 2.50. The van der Waals surface area contributed by atoms with Crippen molar-refractivity contribution in [3.05, 3.63) is 97.3 Å². The second-order valence-corrected chi connectivity index (χ2v) is 9.44. The Labute approximate surface area is 192 Å². The second-order valence-electron chi connectivity index (χ2n) is 8.39. The number of hydrogen-bond donors (Lipinski definition) is 0. The third kappa shape index (κ3) is 2.16. The molecule has 0 saturated heterocycles. The Morgan fingerprint density at radius 1 is 0.667 bits per heavy atom. The molecule has 4 aromatic heterocycles. The minimum Gasteiger partial charge on any atom is -0.455 e. The third-order valence-corrected chi connectivity index (χ3v) is 7.87. The van der Waals surface area contributed by atoms with E-state index in [1.807, 2.05) is 29.8 Å². The summed E-state index contributed by atoms with van der Waals surface area (Å²) in [6, 6.07) is 29.9. The molecule has 8 rings (SSSR count). The fourth-order valence-electron chi connectivity index (χ4n) is 5.37. The first-order valence-corrected chi connectivity index (χ1v) is 11.8. The number of aromatic nitrogens is 2. The molecule has 0 aliphatic heterocycles. The van der Waals surface area contributed by atoms with Gasteiger partial charge in [0.15, 0.2) is 0 Å².